The second-order valence-electron chi connectivity index (χ2n) is 7.79. The van der Waals surface area contributed by atoms with Crippen LogP contribution in [-0.2, 0) is 0 Å². The maximum atomic E-state index is 15.2. The minimum Gasteiger partial charge on any atom is -0.501 e. The van der Waals surface area contributed by atoms with E-state index < -0.39 is 44.6 Å². The van der Waals surface area contributed by atoms with Gasteiger partial charge in [-0.3, -0.25) is 14.9 Å². The molecule has 12 heteroatoms. The van der Waals surface area contributed by atoms with E-state index in [1.807, 2.05) is 0 Å². The molecule has 10 nitrogen and oxygen atoms in total. The predicted octanol–water partition coefficient (Wildman–Crippen LogP) is 4.04. The summed E-state index contributed by atoms with van der Waals surface area (Å²) in [4.78, 5) is 28.1. The maximum absolute atomic E-state index is 15.2. The third-order valence-corrected chi connectivity index (χ3v) is 5.31. The third-order valence-electron chi connectivity index (χ3n) is 5.31. The van der Waals surface area contributed by atoms with E-state index in [1.165, 1.54) is 30.1 Å². The van der Waals surface area contributed by atoms with Crippen LogP contribution in [0.4, 0.5) is 14.5 Å². The molecule has 3 aromatic heterocycles. The molecule has 0 spiro atoms. The van der Waals surface area contributed by atoms with Gasteiger partial charge in [0.05, 0.1) is 29.2 Å². The van der Waals surface area contributed by atoms with Gasteiger partial charge in [-0.1, -0.05) is 6.07 Å². The largest absolute Gasteiger partial charge is 0.501 e. The molecule has 4 aromatic rings. The van der Waals surface area contributed by atoms with Crippen LogP contribution in [0.15, 0.2) is 35.3 Å². The van der Waals surface area contributed by atoms with Crippen LogP contribution in [0, 0.1) is 28.7 Å². The number of ether oxygens (including phenoxy) is 1. The average Bonchev–Trinajstić information content (AvgIpc) is 3.15. The highest BCUT2D eigenvalue weighted by Crippen LogP contribution is 2.38. The van der Waals surface area contributed by atoms with E-state index in [9.17, 15) is 24.4 Å². The number of aromatic hydroxyl groups is 1. The number of nitro groups is 1. The Balaban J connectivity index is 2.24. The van der Waals surface area contributed by atoms with Gasteiger partial charge in [0.25, 0.3) is 0 Å². The number of pyridine rings is 2. The summed E-state index contributed by atoms with van der Waals surface area (Å²) < 4.78 is 37.4. The molecule has 0 fully saturated rings. The molecule has 1 aromatic carbocycles. The molecule has 176 valence electrons. The summed E-state index contributed by atoms with van der Waals surface area (Å²) in [5, 5.41) is 26.0. The molecular weight excluding hydrogens is 452 g/mol. The van der Waals surface area contributed by atoms with Crippen LogP contribution in [-0.4, -0.2) is 36.5 Å². The zero-order valence-electron chi connectivity index (χ0n) is 18.5. The standard InChI is InChI=1S/C22H19F2N5O5/c1-10(2)28-21(11(3)9-25-28)27-20-12(19(30)18(22(27)31)29(32)33)8-14(24)17(26-20)16-13(23)6-5-7-15(16)34-4/h5-10,30H,1-4H3. The Morgan fingerprint density at radius 2 is 1.94 bits per heavy atom. The second-order valence-corrected chi connectivity index (χ2v) is 7.79. The van der Waals surface area contributed by atoms with Crippen molar-refractivity contribution in [1.29, 1.82) is 0 Å². The Morgan fingerprint density at radius 3 is 2.56 bits per heavy atom. The number of fused-ring (bicyclic) bond motifs is 1. The van der Waals surface area contributed by atoms with Gasteiger partial charge in [-0.2, -0.15) is 5.10 Å². The van der Waals surface area contributed by atoms with E-state index in [0.29, 0.717) is 5.56 Å². The van der Waals surface area contributed by atoms with Crippen LogP contribution < -0.4 is 10.3 Å². The van der Waals surface area contributed by atoms with Crippen LogP contribution in [0.25, 0.3) is 28.1 Å². The van der Waals surface area contributed by atoms with Gasteiger partial charge in [0.15, 0.2) is 11.5 Å². The van der Waals surface area contributed by atoms with Crippen molar-refractivity contribution < 1.29 is 23.5 Å². The summed E-state index contributed by atoms with van der Waals surface area (Å²) in [7, 11) is 1.27. The molecule has 0 bridgehead atoms. The molecule has 0 saturated heterocycles. The number of rotatable bonds is 5. The molecular formula is C22H19F2N5O5. The lowest BCUT2D eigenvalue weighted by Gasteiger charge is -2.17. The fourth-order valence-corrected chi connectivity index (χ4v) is 3.79. The molecule has 0 aliphatic heterocycles. The molecule has 0 saturated carbocycles. The normalized spacial score (nSPS) is 11.4. The monoisotopic (exact) mass is 471 g/mol. The van der Waals surface area contributed by atoms with Gasteiger partial charge in [0.2, 0.25) is 5.75 Å². The first-order chi connectivity index (χ1) is 16.1. The highest BCUT2D eigenvalue weighted by molar-refractivity contribution is 5.89. The number of hydrogen-bond donors (Lipinski definition) is 1. The topological polar surface area (TPSA) is 125 Å². The van der Waals surface area contributed by atoms with Crippen molar-refractivity contribution in [3.63, 3.8) is 0 Å². The van der Waals surface area contributed by atoms with E-state index in [0.717, 1.165) is 16.7 Å². The Morgan fingerprint density at radius 1 is 1.24 bits per heavy atom. The van der Waals surface area contributed by atoms with E-state index in [1.54, 1.807) is 20.8 Å². The number of halogens is 2. The zero-order chi connectivity index (χ0) is 24.9. The first-order valence-electron chi connectivity index (χ1n) is 10.1. The molecule has 0 aliphatic rings. The zero-order valence-corrected chi connectivity index (χ0v) is 18.5. The van der Waals surface area contributed by atoms with Crippen molar-refractivity contribution in [2.24, 2.45) is 0 Å². The van der Waals surface area contributed by atoms with Gasteiger partial charge in [-0.25, -0.2) is 23.0 Å². The van der Waals surface area contributed by atoms with Gasteiger partial charge >= 0.3 is 11.2 Å². The minimum atomic E-state index is -1.20. The molecule has 0 aliphatic carbocycles. The van der Waals surface area contributed by atoms with E-state index >= 15 is 4.39 Å². The van der Waals surface area contributed by atoms with Gasteiger partial charge in [0, 0.05) is 11.6 Å². The van der Waals surface area contributed by atoms with E-state index in [-0.39, 0.29) is 28.8 Å². The summed E-state index contributed by atoms with van der Waals surface area (Å²) in [6.07, 6.45) is 1.45. The van der Waals surface area contributed by atoms with Crippen molar-refractivity contribution in [2.45, 2.75) is 26.8 Å². The van der Waals surface area contributed by atoms with Gasteiger partial charge in [-0.05, 0) is 39.0 Å². The van der Waals surface area contributed by atoms with Crippen LogP contribution in [0.3, 0.4) is 0 Å². The number of methoxy groups -OCH3 is 1. The fraction of sp³-hybridized carbons (Fsp3) is 0.227. The van der Waals surface area contributed by atoms with Gasteiger partial charge in [-0.15, -0.1) is 0 Å². The first kappa shape index (κ1) is 22.8. The van der Waals surface area contributed by atoms with Gasteiger partial charge < -0.3 is 9.84 Å². The SMILES string of the molecule is COc1cccc(F)c1-c1nc2c(cc1F)c(O)c([N+](=O)[O-])c(=O)n2-c1c(C)cnn1C(C)C. The highest BCUT2D eigenvalue weighted by atomic mass is 19.1. The molecule has 3 heterocycles. The number of aromatic nitrogens is 4. The lowest BCUT2D eigenvalue weighted by molar-refractivity contribution is -0.387. The Labute approximate surface area is 190 Å². The number of benzene rings is 1. The molecule has 1 N–H and O–H groups in total. The summed E-state index contributed by atoms with van der Waals surface area (Å²) in [6, 6.07) is 4.36. The Kier molecular flexibility index (Phi) is 5.51. The van der Waals surface area contributed by atoms with Crippen LogP contribution in [0.2, 0.25) is 0 Å². The van der Waals surface area contributed by atoms with Crippen LogP contribution >= 0.6 is 0 Å². The molecule has 34 heavy (non-hydrogen) atoms. The predicted molar refractivity (Wildman–Crippen MR) is 118 cm³/mol. The van der Waals surface area contributed by atoms with Crippen molar-refractivity contribution in [1.82, 2.24) is 19.3 Å². The number of aryl methyl sites for hydroxylation is 1. The van der Waals surface area contributed by atoms with Gasteiger partial charge in [0.1, 0.15) is 23.1 Å². The second kappa shape index (κ2) is 8.21. The molecule has 0 unspecified atom stereocenters. The Bertz CT molecular complexity index is 1530. The highest BCUT2D eigenvalue weighted by Gasteiger charge is 2.31. The lowest BCUT2D eigenvalue weighted by atomic mass is 10.1. The van der Waals surface area contributed by atoms with Crippen molar-refractivity contribution >= 4 is 16.7 Å². The summed E-state index contributed by atoms with van der Waals surface area (Å²) >= 11 is 0. The molecule has 0 atom stereocenters. The number of hydrogen-bond acceptors (Lipinski definition) is 7. The summed E-state index contributed by atoms with van der Waals surface area (Å²) in [6.45, 7) is 5.18. The quantitative estimate of drug-likeness (QED) is 0.344. The smallest absolute Gasteiger partial charge is 0.376 e. The minimum absolute atomic E-state index is 0.0193. The Hall–Kier alpha value is -4.35. The summed E-state index contributed by atoms with van der Waals surface area (Å²) in [5.41, 5.74) is -3.02. The molecule has 4 rings (SSSR count). The number of nitrogens with zero attached hydrogens (tertiary/aromatic N) is 5. The average molecular weight is 471 g/mol. The van der Waals surface area contributed by atoms with Crippen LogP contribution in [0.1, 0.15) is 25.5 Å². The summed E-state index contributed by atoms with van der Waals surface area (Å²) in [5.74, 6) is -2.85. The van der Waals surface area contributed by atoms with Crippen LogP contribution in [0.5, 0.6) is 11.5 Å². The fourth-order valence-electron chi connectivity index (χ4n) is 3.79. The molecule has 0 amide bonds. The lowest BCUT2D eigenvalue weighted by Crippen LogP contribution is -2.26. The first-order valence-corrected chi connectivity index (χ1v) is 10.1. The molecule has 0 radical (unpaired) electrons. The van der Waals surface area contributed by atoms with E-state index in [2.05, 4.69) is 10.1 Å². The van der Waals surface area contributed by atoms with Crippen molar-refractivity contribution in [2.75, 3.05) is 7.11 Å². The third kappa shape index (κ3) is 3.34. The van der Waals surface area contributed by atoms with E-state index in [4.69, 9.17) is 4.74 Å². The van der Waals surface area contributed by atoms with Crippen molar-refractivity contribution in [3.8, 4) is 28.6 Å². The van der Waals surface area contributed by atoms with Crippen molar-refractivity contribution in [3.05, 3.63) is 68.1 Å². The maximum Gasteiger partial charge on any atom is 0.376 e.